The number of carbonyl (C=O) groups is 1. The highest BCUT2D eigenvalue weighted by Gasteiger charge is 2.17. The first-order valence-electron chi connectivity index (χ1n) is 9.46. The van der Waals surface area contributed by atoms with Crippen molar-refractivity contribution in [1.82, 2.24) is 19.9 Å². The summed E-state index contributed by atoms with van der Waals surface area (Å²) in [5.74, 6) is 0. The lowest BCUT2D eigenvalue weighted by atomic mass is 10.1. The molecular formula is C22H26N4O3. The van der Waals surface area contributed by atoms with Crippen LogP contribution in [-0.4, -0.2) is 57.3 Å². The number of carbonyl (C=O) groups excluding carboxylic acids is 1. The van der Waals surface area contributed by atoms with E-state index in [2.05, 4.69) is 32.1 Å². The number of aryl methyl sites for hydroxylation is 1. The SMILES string of the molecule is CNC(CO)CO.Cn1cc(-c2cc3cccnc3[nH]2)c2c1CC=CC(C=O)=C2. The van der Waals surface area contributed by atoms with Gasteiger partial charge in [0, 0.05) is 59.3 Å². The van der Waals surface area contributed by atoms with Gasteiger partial charge in [-0.2, -0.15) is 0 Å². The zero-order valence-electron chi connectivity index (χ0n) is 16.6. The van der Waals surface area contributed by atoms with Crippen LogP contribution in [0.3, 0.4) is 0 Å². The number of nitrogens with one attached hydrogen (secondary N) is 2. The highest BCUT2D eigenvalue weighted by Crippen LogP contribution is 2.32. The van der Waals surface area contributed by atoms with Crippen LogP contribution < -0.4 is 5.32 Å². The number of pyridine rings is 1. The second kappa shape index (κ2) is 9.47. The Morgan fingerprint density at radius 3 is 2.79 bits per heavy atom. The third-order valence-electron chi connectivity index (χ3n) is 4.95. The highest BCUT2D eigenvalue weighted by atomic mass is 16.3. The van der Waals surface area contributed by atoms with Gasteiger partial charge in [0.15, 0.2) is 0 Å². The lowest BCUT2D eigenvalue weighted by Crippen LogP contribution is -2.32. The predicted molar refractivity (Wildman–Crippen MR) is 114 cm³/mol. The highest BCUT2D eigenvalue weighted by molar-refractivity contribution is 5.91. The molecule has 3 aromatic rings. The molecule has 7 nitrogen and oxygen atoms in total. The quantitative estimate of drug-likeness (QED) is 0.495. The summed E-state index contributed by atoms with van der Waals surface area (Å²) >= 11 is 0. The van der Waals surface area contributed by atoms with Crippen LogP contribution in [0.5, 0.6) is 0 Å². The lowest BCUT2D eigenvalue weighted by Gasteiger charge is -2.06. The normalized spacial score (nSPS) is 12.9. The summed E-state index contributed by atoms with van der Waals surface area (Å²) in [5, 5.41) is 20.4. The van der Waals surface area contributed by atoms with Gasteiger partial charge in [-0.1, -0.05) is 12.2 Å². The molecule has 4 N–H and O–H groups in total. The van der Waals surface area contributed by atoms with Crippen molar-refractivity contribution < 1.29 is 15.0 Å². The maximum absolute atomic E-state index is 11.2. The molecule has 0 amide bonds. The van der Waals surface area contributed by atoms with E-state index in [1.54, 1.807) is 13.2 Å². The van der Waals surface area contributed by atoms with Gasteiger partial charge in [-0.3, -0.25) is 4.79 Å². The van der Waals surface area contributed by atoms with E-state index >= 15 is 0 Å². The molecule has 0 unspecified atom stereocenters. The minimum Gasteiger partial charge on any atom is -0.395 e. The fraction of sp³-hybridized carbons (Fsp3) is 0.273. The van der Waals surface area contributed by atoms with Gasteiger partial charge in [-0.15, -0.1) is 0 Å². The van der Waals surface area contributed by atoms with Gasteiger partial charge >= 0.3 is 0 Å². The maximum atomic E-state index is 11.2. The molecule has 0 saturated carbocycles. The number of rotatable bonds is 5. The first-order valence-corrected chi connectivity index (χ1v) is 9.46. The summed E-state index contributed by atoms with van der Waals surface area (Å²) in [7, 11) is 3.73. The number of nitrogens with zero attached hydrogens (tertiary/aromatic N) is 2. The smallest absolute Gasteiger partial charge is 0.150 e. The van der Waals surface area contributed by atoms with Crippen molar-refractivity contribution in [1.29, 1.82) is 0 Å². The molecule has 0 fully saturated rings. The number of H-pyrrole nitrogens is 1. The van der Waals surface area contributed by atoms with E-state index < -0.39 is 0 Å². The molecule has 3 aromatic heterocycles. The summed E-state index contributed by atoms with van der Waals surface area (Å²) in [6.45, 7) is -0.0139. The molecule has 4 rings (SSSR count). The van der Waals surface area contributed by atoms with Crippen LogP contribution in [0.15, 0.2) is 48.3 Å². The van der Waals surface area contributed by atoms with Gasteiger partial charge in [0.05, 0.1) is 19.3 Å². The Morgan fingerprint density at radius 1 is 1.38 bits per heavy atom. The van der Waals surface area contributed by atoms with Gasteiger partial charge in [0.1, 0.15) is 11.9 Å². The summed E-state index contributed by atoms with van der Waals surface area (Å²) < 4.78 is 2.12. The van der Waals surface area contributed by atoms with E-state index in [4.69, 9.17) is 10.2 Å². The average molecular weight is 394 g/mol. The first kappa shape index (κ1) is 20.7. The van der Waals surface area contributed by atoms with E-state index in [0.29, 0.717) is 5.57 Å². The Morgan fingerprint density at radius 2 is 2.17 bits per heavy atom. The molecule has 0 bridgehead atoms. The van der Waals surface area contributed by atoms with Gasteiger partial charge < -0.3 is 25.1 Å². The zero-order chi connectivity index (χ0) is 20.8. The largest absolute Gasteiger partial charge is 0.395 e. The van der Waals surface area contributed by atoms with Crippen LogP contribution in [0.1, 0.15) is 11.3 Å². The van der Waals surface area contributed by atoms with Crippen LogP contribution in [-0.2, 0) is 18.3 Å². The molecule has 152 valence electrons. The molecule has 0 radical (unpaired) electrons. The van der Waals surface area contributed by atoms with E-state index in [1.165, 1.54) is 5.69 Å². The number of likely N-dealkylation sites (N-methyl/N-ethyl adjacent to an activating group) is 1. The molecule has 0 aromatic carbocycles. The van der Waals surface area contributed by atoms with E-state index in [1.807, 2.05) is 37.4 Å². The van der Waals surface area contributed by atoms with Crippen LogP contribution in [0.2, 0.25) is 0 Å². The molecule has 1 aliphatic carbocycles. The van der Waals surface area contributed by atoms with Crippen molar-refractivity contribution in [2.75, 3.05) is 20.3 Å². The number of allylic oxidation sites excluding steroid dienone is 3. The summed E-state index contributed by atoms with van der Waals surface area (Å²) in [6.07, 6.45) is 11.5. The molecular weight excluding hydrogens is 368 g/mol. The van der Waals surface area contributed by atoms with E-state index in [9.17, 15) is 4.79 Å². The topological polar surface area (TPSA) is 103 Å². The zero-order valence-corrected chi connectivity index (χ0v) is 16.6. The van der Waals surface area contributed by atoms with Gasteiger partial charge in [-0.25, -0.2) is 4.98 Å². The Kier molecular flexibility index (Phi) is 6.77. The average Bonchev–Trinajstić information content (AvgIpc) is 3.22. The van der Waals surface area contributed by atoms with Crippen molar-refractivity contribution in [3.63, 3.8) is 0 Å². The summed E-state index contributed by atoms with van der Waals surface area (Å²) in [4.78, 5) is 18.9. The van der Waals surface area contributed by atoms with Crippen molar-refractivity contribution in [2.24, 2.45) is 7.05 Å². The van der Waals surface area contributed by atoms with Gasteiger partial charge in [0.25, 0.3) is 0 Å². The third-order valence-corrected chi connectivity index (χ3v) is 4.95. The van der Waals surface area contributed by atoms with Crippen LogP contribution in [0.4, 0.5) is 0 Å². The minimum atomic E-state index is -0.153. The van der Waals surface area contributed by atoms with Crippen molar-refractivity contribution in [2.45, 2.75) is 12.5 Å². The minimum absolute atomic E-state index is 0.00694. The van der Waals surface area contributed by atoms with Gasteiger partial charge in [0.2, 0.25) is 0 Å². The van der Waals surface area contributed by atoms with Crippen LogP contribution >= 0.6 is 0 Å². The van der Waals surface area contributed by atoms with Crippen molar-refractivity contribution in [3.8, 4) is 11.3 Å². The van der Waals surface area contributed by atoms with E-state index in [-0.39, 0.29) is 19.3 Å². The lowest BCUT2D eigenvalue weighted by molar-refractivity contribution is -0.104. The number of hydrogen-bond donors (Lipinski definition) is 4. The Labute approximate surface area is 169 Å². The molecule has 0 spiro atoms. The molecule has 7 heteroatoms. The fourth-order valence-corrected chi connectivity index (χ4v) is 3.25. The molecule has 0 aliphatic heterocycles. The Hall–Kier alpha value is -3.00. The monoisotopic (exact) mass is 394 g/mol. The number of aromatic nitrogens is 3. The third kappa shape index (κ3) is 4.54. The number of hydrogen-bond acceptors (Lipinski definition) is 5. The maximum Gasteiger partial charge on any atom is 0.150 e. The fourth-order valence-electron chi connectivity index (χ4n) is 3.25. The van der Waals surface area contributed by atoms with Crippen molar-refractivity contribution >= 4 is 23.4 Å². The summed E-state index contributed by atoms with van der Waals surface area (Å²) in [6, 6.07) is 5.92. The van der Waals surface area contributed by atoms with Crippen LogP contribution in [0.25, 0.3) is 28.4 Å². The molecule has 0 saturated heterocycles. The number of aliphatic hydroxyl groups excluding tert-OH is 2. The first-order chi connectivity index (χ1) is 14.1. The standard InChI is InChI=1S/C18H15N3O.C4H11NO2/c1-21-10-15(14-8-12(11-22)4-2-6-17(14)21)16-9-13-5-3-7-19-18(13)20-16;1-5-4(2-6)3-7/h2-5,7-11H,6H2,1H3,(H,19,20);4-7H,2-3H2,1H3. The Balaban J connectivity index is 0.000000298. The molecule has 0 atom stereocenters. The second-order valence-electron chi connectivity index (χ2n) is 6.86. The molecule has 3 heterocycles. The Bertz CT molecular complexity index is 1000. The summed E-state index contributed by atoms with van der Waals surface area (Å²) in [5.41, 5.74) is 5.99. The molecule has 29 heavy (non-hydrogen) atoms. The molecule has 1 aliphatic rings. The van der Waals surface area contributed by atoms with Crippen molar-refractivity contribution in [3.05, 3.63) is 59.6 Å². The van der Waals surface area contributed by atoms with E-state index in [0.717, 1.165) is 40.6 Å². The number of aliphatic hydroxyl groups is 2. The van der Waals surface area contributed by atoms with Gasteiger partial charge in [-0.05, 0) is 31.3 Å². The number of aldehydes is 1. The van der Waals surface area contributed by atoms with Crippen LogP contribution in [0, 0.1) is 0 Å². The number of fused-ring (bicyclic) bond motifs is 2. The second-order valence-corrected chi connectivity index (χ2v) is 6.86. The predicted octanol–water partition coefficient (Wildman–Crippen LogP) is 1.82. The number of aromatic amines is 1.